The molecule has 1 aromatic heterocycles. The van der Waals surface area contributed by atoms with Gasteiger partial charge in [-0.3, -0.25) is 4.68 Å². The molecule has 0 saturated carbocycles. The average molecular weight is 277 g/mol. The molecular weight excluding hydrogens is 257 g/mol. The quantitative estimate of drug-likeness (QED) is 0.878. The second-order valence-electron chi connectivity index (χ2n) is 4.96. The van der Waals surface area contributed by atoms with Gasteiger partial charge in [0.05, 0.1) is 12.3 Å². The number of benzene rings is 1. The fraction of sp³-hybridized carbons (Fsp3) is 0.400. The van der Waals surface area contributed by atoms with Crippen molar-refractivity contribution in [1.82, 2.24) is 15.1 Å². The van der Waals surface area contributed by atoms with Gasteiger partial charge in [-0.25, -0.2) is 4.39 Å². The number of halogens is 1. The van der Waals surface area contributed by atoms with Gasteiger partial charge in [0.2, 0.25) is 0 Å². The Bertz CT molecular complexity index is 607. The van der Waals surface area contributed by atoms with Crippen LogP contribution >= 0.6 is 0 Å². The third-order valence-electron chi connectivity index (χ3n) is 3.57. The fourth-order valence-electron chi connectivity index (χ4n) is 2.26. The van der Waals surface area contributed by atoms with Crippen LogP contribution in [0.5, 0.6) is 0 Å². The highest BCUT2D eigenvalue weighted by Crippen LogP contribution is 2.13. The molecule has 0 radical (unpaired) electrons. The number of rotatable bonds is 5. The lowest BCUT2D eigenvalue weighted by Crippen LogP contribution is -2.14. The van der Waals surface area contributed by atoms with Crippen molar-refractivity contribution in [3.05, 3.63) is 52.1 Å². The average Bonchev–Trinajstić information content (AvgIpc) is 2.67. The molecule has 0 amide bonds. The van der Waals surface area contributed by atoms with Gasteiger partial charge in [-0.05, 0) is 31.5 Å². The molecule has 2 rings (SSSR count). The Kier molecular flexibility index (Phi) is 4.52. The lowest BCUT2D eigenvalue weighted by atomic mass is 10.1. The maximum Gasteiger partial charge on any atom is 0.128 e. The Balaban J connectivity index is 1.99. The highest BCUT2D eigenvalue weighted by atomic mass is 19.1. The lowest BCUT2D eigenvalue weighted by molar-refractivity contribution is 0.275. The van der Waals surface area contributed by atoms with Crippen LogP contribution in [0.1, 0.15) is 28.1 Å². The second kappa shape index (κ2) is 6.15. The summed E-state index contributed by atoms with van der Waals surface area (Å²) in [5, 5.41) is 16.7. The highest BCUT2D eigenvalue weighted by Gasteiger charge is 2.08. The lowest BCUT2D eigenvalue weighted by Gasteiger charge is -2.07. The number of aliphatic hydroxyl groups is 1. The van der Waals surface area contributed by atoms with E-state index in [-0.39, 0.29) is 12.4 Å². The van der Waals surface area contributed by atoms with Crippen LogP contribution in [-0.4, -0.2) is 14.9 Å². The van der Waals surface area contributed by atoms with Gasteiger partial charge in [0.25, 0.3) is 0 Å². The van der Waals surface area contributed by atoms with E-state index in [1.54, 1.807) is 12.1 Å². The molecule has 0 bridgehead atoms. The van der Waals surface area contributed by atoms with Crippen LogP contribution in [0.3, 0.4) is 0 Å². The molecule has 0 fully saturated rings. The summed E-state index contributed by atoms with van der Waals surface area (Å²) in [5.41, 5.74) is 4.64. The van der Waals surface area contributed by atoms with Crippen molar-refractivity contribution in [1.29, 1.82) is 0 Å². The monoisotopic (exact) mass is 277 g/mol. The van der Waals surface area contributed by atoms with Gasteiger partial charge < -0.3 is 10.4 Å². The molecule has 0 spiro atoms. The zero-order valence-electron chi connectivity index (χ0n) is 12.1. The first-order valence-corrected chi connectivity index (χ1v) is 6.61. The van der Waals surface area contributed by atoms with Crippen LogP contribution in [0.25, 0.3) is 0 Å². The van der Waals surface area contributed by atoms with Gasteiger partial charge in [0.15, 0.2) is 0 Å². The van der Waals surface area contributed by atoms with Crippen molar-refractivity contribution in [2.24, 2.45) is 7.05 Å². The molecule has 108 valence electrons. The molecule has 5 heteroatoms. The van der Waals surface area contributed by atoms with Crippen molar-refractivity contribution in [3.63, 3.8) is 0 Å². The standard InChI is InChI=1S/C15H20FN3O/c1-10-14(11(2)19(3)18-10)8-17-7-12-4-5-15(16)13(6-12)9-20/h4-6,17,20H,7-9H2,1-3H3. The molecule has 0 saturated heterocycles. The number of aromatic nitrogens is 2. The van der Waals surface area contributed by atoms with E-state index in [1.807, 2.05) is 25.6 Å². The van der Waals surface area contributed by atoms with E-state index in [2.05, 4.69) is 10.4 Å². The van der Waals surface area contributed by atoms with Gasteiger partial charge in [0, 0.05) is 37.0 Å². The minimum atomic E-state index is -0.366. The minimum absolute atomic E-state index is 0.277. The van der Waals surface area contributed by atoms with Crippen LogP contribution < -0.4 is 5.32 Å². The molecule has 4 nitrogen and oxygen atoms in total. The molecule has 1 aromatic carbocycles. The van der Waals surface area contributed by atoms with Crippen molar-refractivity contribution < 1.29 is 9.50 Å². The Hall–Kier alpha value is -1.72. The first kappa shape index (κ1) is 14.7. The van der Waals surface area contributed by atoms with E-state index >= 15 is 0 Å². The fourth-order valence-corrected chi connectivity index (χ4v) is 2.26. The molecule has 1 heterocycles. The van der Waals surface area contributed by atoms with Crippen molar-refractivity contribution >= 4 is 0 Å². The Morgan fingerprint density at radius 3 is 2.65 bits per heavy atom. The van der Waals surface area contributed by atoms with Crippen LogP contribution in [0.2, 0.25) is 0 Å². The maximum atomic E-state index is 13.3. The molecule has 2 aromatic rings. The maximum absolute atomic E-state index is 13.3. The summed E-state index contributed by atoms with van der Waals surface area (Å²) in [7, 11) is 1.93. The summed E-state index contributed by atoms with van der Waals surface area (Å²) >= 11 is 0. The van der Waals surface area contributed by atoms with E-state index in [4.69, 9.17) is 5.11 Å². The molecule has 0 unspecified atom stereocenters. The molecule has 0 atom stereocenters. The molecule has 0 aliphatic carbocycles. The number of nitrogens with one attached hydrogen (secondary N) is 1. The number of hydrogen-bond donors (Lipinski definition) is 2. The van der Waals surface area contributed by atoms with E-state index in [0.717, 1.165) is 23.5 Å². The second-order valence-corrected chi connectivity index (χ2v) is 4.96. The summed E-state index contributed by atoms with van der Waals surface area (Å²) in [5.74, 6) is -0.366. The predicted octanol–water partition coefficient (Wildman–Crippen LogP) is 1.96. The number of aliphatic hydroxyl groups excluding tert-OH is 1. The SMILES string of the molecule is Cc1nn(C)c(C)c1CNCc1ccc(F)c(CO)c1. The molecule has 0 aliphatic rings. The smallest absolute Gasteiger partial charge is 0.128 e. The topological polar surface area (TPSA) is 50.1 Å². The van der Waals surface area contributed by atoms with Crippen molar-refractivity contribution in [2.75, 3.05) is 0 Å². The Morgan fingerprint density at radius 2 is 2.05 bits per heavy atom. The normalized spacial score (nSPS) is 11.1. The van der Waals surface area contributed by atoms with Crippen LogP contribution in [0.15, 0.2) is 18.2 Å². The number of aryl methyl sites for hydroxylation is 2. The van der Waals surface area contributed by atoms with Crippen LogP contribution in [0.4, 0.5) is 4.39 Å². The molecule has 2 N–H and O–H groups in total. The van der Waals surface area contributed by atoms with Crippen molar-refractivity contribution in [3.8, 4) is 0 Å². The summed E-state index contributed by atoms with van der Waals surface area (Å²) in [6.45, 7) is 5.10. The highest BCUT2D eigenvalue weighted by molar-refractivity contribution is 5.26. The largest absolute Gasteiger partial charge is 0.392 e. The van der Waals surface area contributed by atoms with Crippen LogP contribution in [0, 0.1) is 19.7 Å². The van der Waals surface area contributed by atoms with Crippen LogP contribution in [-0.2, 0) is 26.7 Å². The molecule has 20 heavy (non-hydrogen) atoms. The van der Waals surface area contributed by atoms with E-state index in [9.17, 15) is 4.39 Å². The van der Waals surface area contributed by atoms with E-state index in [0.29, 0.717) is 12.1 Å². The third-order valence-corrected chi connectivity index (χ3v) is 3.57. The zero-order valence-corrected chi connectivity index (χ0v) is 12.1. The summed E-state index contributed by atoms with van der Waals surface area (Å²) < 4.78 is 15.1. The van der Waals surface area contributed by atoms with Gasteiger partial charge >= 0.3 is 0 Å². The summed E-state index contributed by atoms with van der Waals surface area (Å²) in [6.07, 6.45) is 0. The number of nitrogens with zero attached hydrogens (tertiary/aromatic N) is 2. The third kappa shape index (κ3) is 3.05. The first-order chi connectivity index (χ1) is 9.52. The van der Waals surface area contributed by atoms with Crippen molar-refractivity contribution in [2.45, 2.75) is 33.5 Å². The summed E-state index contributed by atoms with van der Waals surface area (Å²) in [6, 6.07) is 4.80. The van der Waals surface area contributed by atoms with Gasteiger partial charge in [0.1, 0.15) is 5.82 Å². The van der Waals surface area contributed by atoms with E-state index in [1.165, 1.54) is 11.6 Å². The molecular formula is C15H20FN3O. The van der Waals surface area contributed by atoms with Gasteiger partial charge in [-0.15, -0.1) is 0 Å². The first-order valence-electron chi connectivity index (χ1n) is 6.61. The van der Waals surface area contributed by atoms with Gasteiger partial charge in [-0.1, -0.05) is 6.07 Å². The Labute approximate surface area is 118 Å². The Morgan fingerprint density at radius 1 is 1.30 bits per heavy atom. The molecule has 0 aliphatic heterocycles. The predicted molar refractivity (Wildman–Crippen MR) is 75.5 cm³/mol. The summed E-state index contributed by atoms with van der Waals surface area (Å²) in [4.78, 5) is 0. The van der Waals surface area contributed by atoms with Gasteiger partial charge in [-0.2, -0.15) is 5.10 Å². The number of hydrogen-bond acceptors (Lipinski definition) is 3. The minimum Gasteiger partial charge on any atom is -0.392 e. The zero-order chi connectivity index (χ0) is 14.7. The van der Waals surface area contributed by atoms with E-state index < -0.39 is 0 Å².